The number of anilines is 1. The number of non-ortho nitro benzene ring substituents is 1. The highest BCUT2D eigenvalue weighted by Crippen LogP contribution is 2.15. The van der Waals surface area contributed by atoms with Gasteiger partial charge in [-0.3, -0.25) is 25.1 Å². The molecular formula is C15H11N5O4. The van der Waals surface area contributed by atoms with Gasteiger partial charge in [0, 0.05) is 30.9 Å². The van der Waals surface area contributed by atoms with Gasteiger partial charge in [-0.25, -0.2) is 0 Å². The van der Waals surface area contributed by atoms with E-state index in [2.05, 4.69) is 10.5 Å². The molecule has 0 amide bonds. The molecule has 0 fully saturated rings. The number of carbonyl (C=O) groups excluding carboxylic acids is 1. The Morgan fingerprint density at radius 1 is 1.38 bits per heavy atom. The van der Waals surface area contributed by atoms with Crippen molar-refractivity contribution in [2.75, 3.05) is 5.43 Å². The fourth-order valence-electron chi connectivity index (χ4n) is 1.88. The quantitative estimate of drug-likeness (QED) is 0.380. The second-order valence-corrected chi connectivity index (χ2v) is 4.66. The normalized spacial score (nSPS) is 10.8. The molecule has 2 aromatic rings. The zero-order valence-corrected chi connectivity index (χ0v) is 12.5. The van der Waals surface area contributed by atoms with Gasteiger partial charge in [-0.1, -0.05) is 0 Å². The van der Waals surface area contributed by atoms with Gasteiger partial charge in [0.25, 0.3) is 11.2 Å². The zero-order chi connectivity index (χ0) is 17.7. The molecule has 0 aliphatic carbocycles. The van der Waals surface area contributed by atoms with Gasteiger partial charge < -0.3 is 4.57 Å². The molecule has 9 nitrogen and oxygen atoms in total. The Morgan fingerprint density at radius 2 is 2.04 bits per heavy atom. The highest BCUT2D eigenvalue weighted by atomic mass is 16.6. The van der Waals surface area contributed by atoms with Crippen LogP contribution >= 0.6 is 0 Å². The third-order valence-corrected chi connectivity index (χ3v) is 3.15. The van der Waals surface area contributed by atoms with E-state index in [0.717, 1.165) is 0 Å². The maximum absolute atomic E-state index is 11.9. The first-order valence-corrected chi connectivity index (χ1v) is 6.61. The van der Waals surface area contributed by atoms with Gasteiger partial charge in [-0.05, 0) is 18.2 Å². The molecule has 0 saturated carbocycles. The highest BCUT2D eigenvalue weighted by Gasteiger charge is 2.13. The first-order valence-electron chi connectivity index (χ1n) is 6.61. The maximum atomic E-state index is 11.9. The molecule has 1 heterocycles. The van der Waals surface area contributed by atoms with Crippen LogP contribution < -0.4 is 11.0 Å². The molecule has 9 heteroatoms. The van der Waals surface area contributed by atoms with Gasteiger partial charge in [-0.15, -0.1) is 0 Å². The lowest BCUT2D eigenvalue weighted by atomic mass is 10.1. The summed E-state index contributed by atoms with van der Waals surface area (Å²) >= 11 is 0. The number of pyridine rings is 1. The smallest absolute Gasteiger partial charge is 0.269 e. The number of nitrogens with one attached hydrogen (secondary N) is 1. The van der Waals surface area contributed by atoms with Gasteiger partial charge in [0.2, 0.25) is 0 Å². The SMILES string of the molecule is Cn1ccc(/C(C=O)=N/Nc2ccc([N+](=O)[O-])cc2)c(C#N)c1=O. The molecule has 0 saturated heterocycles. The summed E-state index contributed by atoms with van der Waals surface area (Å²) in [4.78, 5) is 33.2. The van der Waals surface area contributed by atoms with Crippen molar-refractivity contribution in [2.24, 2.45) is 12.1 Å². The molecule has 0 bridgehead atoms. The number of nitro benzene ring substituents is 1. The van der Waals surface area contributed by atoms with Crippen molar-refractivity contribution < 1.29 is 9.72 Å². The van der Waals surface area contributed by atoms with E-state index < -0.39 is 10.5 Å². The van der Waals surface area contributed by atoms with Crippen LogP contribution in [0.3, 0.4) is 0 Å². The fourth-order valence-corrected chi connectivity index (χ4v) is 1.88. The number of hydrogen-bond donors (Lipinski definition) is 1. The summed E-state index contributed by atoms with van der Waals surface area (Å²) in [7, 11) is 1.49. The van der Waals surface area contributed by atoms with Gasteiger partial charge in [-0.2, -0.15) is 10.4 Å². The molecule has 0 spiro atoms. The molecule has 1 aromatic heterocycles. The third kappa shape index (κ3) is 3.33. The van der Waals surface area contributed by atoms with E-state index in [9.17, 15) is 19.7 Å². The van der Waals surface area contributed by atoms with Crippen molar-refractivity contribution in [3.8, 4) is 6.07 Å². The molecule has 120 valence electrons. The molecule has 0 aliphatic heterocycles. The van der Waals surface area contributed by atoms with E-state index in [1.165, 1.54) is 48.1 Å². The summed E-state index contributed by atoms with van der Waals surface area (Å²) in [5, 5.41) is 23.6. The van der Waals surface area contributed by atoms with Crippen molar-refractivity contribution in [1.29, 1.82) is 5.26 Å². The lowest BCUT2D eigenvalue weighted by Gasteiger charge is -2.05. The van der Waals surface area contributed by atoms with E-state index in [-0.39, 0.29) is 22.5 Å². The predicted octanol–water partition coefficient (Wildman–Crippen LogP) is 1.18. The third-order valence-electron chi connectivity index (χ3n) is 3.15. The molecule has 1 aromatic carbocycles. The Balaban J connectivity index is 2.35. The van der Waals surface area contributed by atoms with Gasteiger partial charge in [0.15, 0.2) is 6.29 Å². The molecule has 24 heavy (non-hydrogen) atoms. The largest absolute Gasteiger partial charge is 0.317 e. The Morgan fingerprint density at radius 3 is 2.58 bits per heavy atom. The maximum Gasteiger partial charge on any atom is 0.269 e. The molecule has 1 N–H and O–H groups in total. The van der Waals surface area contributed by atoms with Crippen LogP contribution in [-0.4, -0.2) is 21.5 Å². The van der Waals surface area contributed by atoms with E-state index in [4.69, 9.17) is 5.26 Å². The second-order valence-electron chi connectivity index (χ2n) is 4.66. The van der Waals surface area contributed by atoms with Crippen molar-refractivity contribution in [3.63, 3.8) is 0 Å². The number of nitrogens with zero attached hydrogens (tertiary/aromatic N) is 4. The average molecular weight is 325 g/mol. The van der Waals surface area contributed by atoms with Crippen LogP contribution in [0, 0.1) is 21.4 Å². The molecule has 0 radical (unpaired) electrons. The van der Waals surface area contributed by atoms with E-state index >= 15 is 0 Å². The minimum absolute atomic E-state index is 0.0848. The van der Waals surface area contributed by atoms with Crippen molar-refractivity contribution >= 4 is 23.4 Å². The summed E-state index contributed by atoms with van der Waals surface area (Å²) in [5.74, 6) is 0. The monoisotopic (exact) mass is 325 g/mol. The van der Waals surface area contributed by atoms with Crippen LogP contribution in [0.15, 0.2) is 46.4 Å². The Bertz CT molecular complexity index is 922. The van der Waals surface area contributed by atoms with Crippen LogP contribution in [0.2, 0.25) is 0 Å². The van der Waals surface area contributed by atoms with Gasteiger partial charge in [0.1, 0.15) is 17.3 Å². The number of nitriles is 1. The standard InChI is InChI=1S/C15H11N5O4/c1-19-7-6-12(13(8-16)15(19)22)14(9-21)18-17-10-2-4-11(5-3-10)20(23)24/h2-7,9,17H,1H3/b18-14+. The summed E-state index contributed by atoms with van der Waals surface area (Å²) in [6.07, 6.45) is 1.83. The molecule has 0 unspecified atom stereocenters. The highest BCUT2D eigenvalue weighted by molar-refractivity contribution is 6.37. The van der Waals surface area contributed by atoms with Crippen LogP contribution in [0.1, 0.15) is 11.1 Å². The minimum atomic E-state index is -0.542. The van der Waals surface area contributed by atoms with E-state index in [1.807, 2.05) is 0 Å². The first kappa shape index (κ1) is 16.6. The number of aldehydes is 1. The lowest BCUT2D eigenvalue weighted by Crippen LogP contribution is -2.23. The van der Waals surface area contributed by atoms with Crippen molar-refractivity contribution in [3.05, 3.63) is 68.1 Å². The Labute approximate surface area is 135 Å². The average Bonchev–Trinajstić information content (AvgIpc) is 2.59. The lowest BCUT2D eigenvalue weighted by molar-refractivity contribution is -0.384. The Kier molecular flexibility index (Phi) is 4.81. The molecular weight excluding hydrogens is 314 g/mol. The Hall–Kier alpha value is -3.80. The summed E-state index contributed by atoms with van der Waals surface area (Å²) < 4.78 is 1.22. The number of aryl methyl sites for hydroxylation is 1. The predicted molar refractivity (Wildman–Crippen MR) is 85.7 cm³/mol. The summed E-state index contributed by atoms with van der Waals surface area (Å²) in [5.41, 5.74) is 2.11. The topological polar surface area (TPSA) is 130 Å². The molecule has 2 rings (SSSR count). The van der Waals surface area contributed by atoms with Crippen molar-refractivity contribution in [1.82, 2.24) is 4.57 Å². The number of hydrogen-bond acceptors (Lipinski definition) is 7. The summed E-state index contributed by atoms with van der Waals surface area (Å²) in [6, 6.07) is 8.58. The number of aromatic nitrogens is 1. The summed E-state index contributed by atoms with van der Waals surface area (Å²) in [6.45, 7) is 0. The molecule has 0 atom stereocenters. The number of carbonyl (C=O) groups is 1. The van der Waals surface area contributed by atoms with E-state index in [1.54, 1.807) is 6.07 Å². The number of nitro groups is 1. The van der Waals surface area contributed by atoms with Gasteiger partial charge >= 0.3 is 0 Å². The van der Waals surface area contributed by atoms with Crippen LogP contribution in [0.25, 0.3) is 0 Å². The minimum Gasteiger partial charge on any atom is -0.317 e. The van der Waals surface area contributed by atoms with E-state index in [0.29, 0.717) is 12.0 Å². The number of benzene rings is 1. The second kappa shape index (κ2) is 6.97. The zero-order valence-electron chi connectivity index (χ0n) is 12.5. The van der Waals surface area contributed by atoms with Crippen molar-refractivity contribution in [2.45, 2.75) is 0 Å². The fraction of sp³-hybridized carbons (Fsp3) is 0.0667. The first-order chi connectivity index (χ1) is 11.5. The number of hydrazone groups is 1. The van der Waals surface area contributed by atoms with Gasteiger partial charge in [0.05, 0.1) is 10.6 Å². The molecule has 0 aliphatic rings. The van der Waals surface area contributed by atoms with Crippen LogP contribution in [0.5, 0.6) is 0 Å². The van der Waals surface area contributed by atoms with Crippen LogP contribution in [-0.2, 0) is 11.8 Å². The number of rotatable bonds is 5. The van der Waals surface area contributed by atoms with Crippen LogP contribution in [0.4, 0.5) is 11.4 Å².